The van der Waals surface area contributed by atoms with E-state index in [4.69, 9.17) is 4.74 Å². The van der Waals surface area contributed by atoms with Gasteiger partial charge in [-0.25, -0.2) is 4.98 Å². The summed E-state index contributed by atoms with van der Waals surface area (Å²) >= 11 is 0. The van der Waals surface area contributed by atoms with Crippen molar-refractivity contribution < 1.29 is 14.5 Å². The number of nitrogens with zero attached hydrogens (tertiary/aromatic N) is 3. The molecule has 2 rings (SSSR count). The van der Waals surface area contributed by atoms with Crippen molar-refractivity contribution in [3.63, 3.8) is 0 Å². The van der Waals surface area contributed by atoms with Crippen LogP contribution in [0, 0.1) is 10.1 Å². The van der Waals surface area contributed by atoms with Gasteiger partial charge in [0.25, 0.3) is 11.6 Å². The number of nitro groups is 1. The normalized spacial score (nSPS) is 18.4. The fourth-order valence-electron chi connectivity index (χ4n) is 2.32. The quantitative estimate of drug-likeness (QED) is 0.663. The minimum absolute atomic E-state index is 0.0553. The lowest BCUT2D eigenvalue weighted by Gasteiger charge is -2.35. The molecule has 8 nitrogen and oxygen atoms in total. The smallest absolute Gasteiger partial charge is 0.300 e. The van der Waals surface area contributed by atoms with Crippen LogP contribution in [0.3, 0.4) is 0 Å². The molecule has 1 aliphatic heterocycles. The van der Waals surface area contributed by atoms with Gasteiger partial charge in [0.05, 0.1) is 24.2 Å². The zero-order valence-corrected chi connectivity index (χ0v) is 12.0. The van der Waals surface area contributed by atoms with Gasteiger partial charge < -0.3 is 15.0 Å². The third-order valence-electron chi connectivity index (χ3n) is 3.53. The van der Waals surface area contributed by atoms with Gasteiger partial charge in [-0.3, -0.25) is 14.9 Å². The Hall–Kier alpha value is -2.22. The fraction of sp³-hybridized carbons (Fsp3) is 0.538. The van der Waals surface area contributed by atoms with E-state index < -0.39 is 4.92 Å². The lowest BCUT2D eigenvalue weighted by Crippen LogP contribution is -2.48. The zero-order chi connectivity index (χ0) is 15.4. The number of ether oxygens (including phenoxy) is 1. The van der Waals surface area contributed by atoms with E-state index in [1.807, 2.05) is 6.92 Å². The van der Waals surface area contributed by atoms with Crippen LogP contribution in [0.5, 0.6) is 0 Å². The van der Waals surface area contributed by atoms with Crippen LogP contribution in [0.25, 0.3) is 0 Å². The summed E-state index contributed by atoms with van der Waals surface area (Å²) in [6.07, 6.45) is 1.85. The maximum absolute atomic E-state index is 12.7. The number of rotatable bonds is 4. The van der Waals surface area contributed by atoms with Gasteiger partial charge >= 0.3 is 0 Å². The van der Waals surface area contributed by atoms with Gasteiger partial charge in [0.1, 0.15) is 17.6 Å². The number of carbonyl (C=O) groups excluding carboxylic acids is 1. The molecule has 21 heavy (non-hydrogen) atoms. The first-order valence-electron chi connectivity index (χ1n) is 6.79. The molecule has 1 aliphatic rings. The minimum atomic E-state index is -0.582. The van der Waals surface area contributed by atoms with E-state index in [0.717, 1.165) is 12.6 Å². The first kappa shape index (κ1) is 15.2. The standard InChI is InChI=1S/C13H18N4O4/c1-3-9-8-21-5-4-16(9)13(18)10-6-12(14-2)15-7-11(10)17(19)20/h6-7,9H,3-5,8H2,1-2H3,(H,14,15). The van der Waals surface area contributed by atoms with Gasteiger partial charge in [-0.1, -0.05) is 6.92 Å². The molecule has 1 atom stereocenters. The van der Waals surface area contributed by atoms with Crippen molar-refractivity contribution in [2.75, 3.05) is 32.1 Å². The number of pyridine rings is 1. The average Bonchev–Trinajstić information content (AvgIpc) is 2.53. The minimum Gasteiger partial charge on any atom is -0.377 e. The van der Waals surface area contributed by atoms with E-state index in [-0.39, 0.29) is 23.2 Å². The van der Waals surface area contributed by atoms with Gasteiger partial charge in [-0.05, 0) is 6.42 Å². The molecular formula is C13H18N4O4. The average molecular weight is 294 g/mol. The van der Waals surface area contributed by atoms with E-state index >= 15 is 0 Å². The maximum Gasteiger partial charge on any atom is 0.300 e. The molecule has 1 fully saturated rings. The Morgan fingerprint density at radius 1 is 1.67 bits per heavy atom. The number of anilines is 1. The molecule has 0 spiro atoms. The molecule has 0 radical (unpaired) electrons. The zero-order valence-electron chi connectivity index (χ0n) is 12.0. The van der Waals surface area contributed by atoms with Gasteiger partial charge in [0.2, 0.25) is 0 Å². The lowest BCUT2D eigenvalue weighted by molar-refractivity contribution is -0.385. The lowest BCUT2D eigenvalue weighted by atomic mass is 10.1. The molecule has 0 aromatic carbocycles. The Labute approximate surface area is 122 Å². The first-order chi connectivity index (χ1) is 10.1. The maximum atomic E-state index is 12.7. The fourth-order valence-corrected chi connectivity index (χ4v) is 2.32. The summed E-state index contributed by atoms with van der Waals surface area (Å²) in [7, 11) is 1.64. The summed E-state index contributed by atoms with van der Waals surface area (Å²) < 4.78 is 5.36. The number of hydrogen-bond acceptors (Lipinski definition) is 6. The van der Waals surface area contributed by atoms with Crippen molar-refractivity contribution in [1.82, 2.24) is 9.88 Å². The van der Waals surface area contributed by atoms with Crippen LogP contribution in [0.4, 0.5) is 11.5 Å². The highest BCUT2D eigenvalue weighted by molar-refractivity contribution is 5.99. The second kappa shape index (κ2) is 6.49. The van der Waals surface area contributed by atoms with Crippen LogP contribution in [0.1, 0.15) is 23.7 Å². The third-order valence-corrected chi connectivity index (χ3v) is 3.53. The van der Waals surface area contributed by atoms with Crippen LogP contribution in [-0.2, 0) is 4.74 Å². The van der Waals surface area contributed by atoms with Crippen molar-refractivity contribution in [3.8, 4) is 0 Å². The van der Waals surface area contributed by atoms with Crippen molar-refractivity contribution >= 4 is 17.4 Å². The predicted octanol–water partition coefficient (Wildman–Crippen LogP) is 1.28. The van der Waals surface area contributed by atoms with E-state index in [2.05, 4.69) is 10.3 Å². The van der Waals surface area contributed by atoms with Crippen LogP contribution >= 0.6 is 0 Å². The van der Waals surface area contributed by atoms with Gasteiger partial charge in [0, 0.05) is 19.7 Å². The summed E-state index contributed by atoms with van der Waals surface area (Å²) in [4.78, 5) is 28.7. The third kappa shape index (κ3) is 3.10. The molecular weight excluding hydrogens is 276 g/mol. The highest BCUT2D eigenvalue weighted by Crippen LogP contribution is 2.24. The molecule has 2 heterocycles. The van der Waals surface area contributed by atoms with E-state index in [1.165, 1.54) is 6.07 Å². The van der Waals surface area contributed by atoms with E-state index in [9.17, 15) is 14.9 Å². The monoisotopic (exact) mass is 294 g/mol. The Morgan fingerprint density at radius 2 is 2.43 bits per heavy atom. The molecule has 0 aliphatic carbocycles. The Morgan fingerprint density at radius 3 is 3.05 bits per heavy atom. The van der Waals surface area contributed by atoms with Gasteiger partial charge in [-0.15, -0.1) is 0 Å². The number of amides is 1. The largest absolute Gasteiger partial charge is 0.377 e. The number of nitrogens with one attached hydrogen (secondary N) is 1. The van der Waals surface area contributed by atoms with Gasteiger partial charge in [-0.2, -0.15) is 0 Å². The van der Waals surface area contributed by atoms with E-state index in [1.54, 1.807) is 11.9 Å². The number of hydrogen-bond donors (Lipinski definition) is 1. The Balaban J connectivity index is 2.38. The summed E-state index contributed by atoms with van der Waals surface area (Å²) in [5, 5.41) is 13.9. The first-order valence-corrected chi connectivity index (χ1v) is 6.79. The van der Waals surface area contributed by atoms with Crippen molar-refractivity contribution in [2.45, 2.75) is 19.4 Å². The summed E-state index contributed by atoms with van der Waals surface area (Å²) in [5.74, 6) is 0.0704. The number of morpholine rings is 1. The highest BCUT2D eigenvalue weighted by atomic mass is 16.6. The Bertz CT molecular complexity index is 549. The van der Waals surface area contributed by atoms with Crippen molar-refractivity contribution in [2.24, 2.45) is 0 Å². The summed E-state index contributed by atoms with van der Waals surface area (Å²) in [5.41, 5.74) is -0.222. The highest BCUT2D eigenvalue weighted by Gasteiger charge is 2.31. The Kier molecular flexibility index (Phi) is 4.69. The molecule has 1 unspecified atom stereocenters. The molecule has 114 valence electrons. The topological polar surface area (TPSA) is 97.6 Å². The second-order valence-corrected chi connectivity index (χ2v) is 4.73. The molecule has 8 heteroatoms. The van der Waals surface area contributed by atoms with Crippen LogP contribution in [-0.4, -0.2) is 53.6 Å². The van der Waals surface area contributed by atoms with Gasteiger partial charge in [0.15, 0.2) is 0 Å². The summed E-state index contributed by atoms with van der Waals surface area (Å²) in [6.45, 7) is 3.30. The van der Waals surface area contributed by atoms with Crippen molar-refractivity contribution in [3.05, 3.63) is 27.9 Å². The molecule has 1 aromatic rings. The van der Waals surface area contributed by atoms with Crippen LogP contribution in [0.2, 0.25) is 0 Å². The van der Waals surface area contributed by atoms with Crippen LogP contribution in [0.15, 0.2) is 12.3 Å². The molecule has 1 amide bonds. The molecule has 0 saturated carbocycles. The SMILES string of the molecule is CCC1COCCN1C(=O)c1cc(NC)ncc1[N+](=O)[O-]. The molecule has 1 saturated heterocycles. The molecule has 1 N–H and O–H groups in total. The molecule has 0 bridgehead atoms. The molecule has 1 aromatic heterocycles. The number of carbonyl (C=O) groups is 1. The number of aromatic nitrogens is 1. The predicted molar refractivity (Wildman–Crippen MR) is 76.4 cm³/mol. The van der Waals surface area contributed by atoms with E-state index in [0.29, 0.717) is 25.6 Å². The summed E-state index contributed by atoms with van der Waals surface area (Å²) in [6, 6.07) is 1.36. The second-order valence-electron chi connectivity index (χ2n) is 4.73. The van der Waals surface area contributed by atoms with Crippen molar-refractivity contribution in [1.29, 1.82) is 0 Å². The van der Waals surface area contributed by atoms with Crippen LogP contribution < -0.4 is 5.32 Å².